The normalized spacial score (nSPS) is 15.0. The molecule has 0 unspecified atom stereocenters. The lowest BCUT2D eigenvalue weighted by atomic mass is 10.1. The summed E-state index contributed by atoms with van der Waals surface area (Å²) in [5.74, 6) is -0.581. The number of rotatable bonds is 3. The van der Waals surface area contributed by atoms with Crippen molar-refractivity contribution in [3.63, 3.8) is 0 Å². The molecule has 0 fully saturated rings. The highest BCUT2D eigenvalue weighted by Crippen LogP contribution is 2.32. The zero-order valence-corrected chi connectivity index (χ0v) is 14.2. The van der Waals surface area contributed by atoms with Gasteiger partial charge in [0.1, 0.15) is 10.6 Å². The van der Waals surface area contributed by atoms with E-state index < -0.39 is 27.6 Å². The Balaban J connectivity index is 1.90. The van der Waals surface area contributed by atoms with Crippen LogP contribution >= 0.6 is 0 Å². The van der Waals surface area contributed by atoms with Crippen LogP contribution < -0.4 is 9.50 Å². The molecule has 0 saturated heterocycles. The average molecular weight is 385 g/mol. The van der Waals surface area contributed by atoms with E-state index in [-0.39, 0.29) is 10.8 Å². The van der Waals surface area contributed by atoms with Crippen LogP contribution in [-0.2, 0) is 27.5 Å². The summed E-state index contributed by atoms with van der Waals surface area (Å²) in [6, 6.07) is 7.71. The van der Waals surface area contributed by atoms with Gasteiger partial charge in [-0.1, -0.05) is 6.07 Å². The maximum atomic E-state index is 12.7. The number of benzene rings is 2. The van der Waals surface area contributed by atoms with Crippen molar-refractivity contribution < 1.29 is 30.6 Å². The van der Waals surface area contributed by atoms with Crippen molar-refractivity contribution in [2.24, 2.45) is 0 Å². The molecule has 9 heteroatoms. The van der Waals surface area contributed by atoms with Crippen LogP contribution in [0.5, 0.6) is 5.75 Å². The number of hydrogen-bond acceptors (Lipinski definition) is 4. The first-order valence-electron chi connectivity index (χ1n) is 7.70. The predicted molar refractivity (Wildman–Crippen MR) is 87.3 cm³/mol. The van der Waals surface area contributed by atoms with Crippen molar-refractivity contribution >= 4 is 21.7 Å². The number of anilines is 1. The molecule has 0 spiro atoms. The van der Waals surface area contributed by atoms with Crippen LogP contribution in [0.15, 0.2) is 47.4 Å². The third-order valence-electron chi connectivity index (χ3n) is 3.86. The lowest BCUT2D eigenvalue weighted by Gasteiger charge is -2.12. The number of alkyl halides is 3. The number of fused-ring (bicyclic) bond motifs is 1. The van der Waals surface area contributed by atoms with Crippen LogP contribution in [-0.4, -0.2) is 14.3 Å². The Morgan fingerprint density at radius 2 is 1.81 bits per heavy atom. The maximum absolute atomic E-state index is 12.7. The van der Waals surface area contributed by atoms with E-state index in [1.807, 2.05) is 0 Å². The summed E-state index contributed by atoms with van der Waals surface area (Å²) in [6.07, 6.45) is -3.21. The fourth-order valence-electron chi connectivity index (χ4n) is 2.61. The Hall–Kier alpha value is -2.55. The monoisotopic (exact) mass is 385 g/mol. The van der Waals surface area contributed by atoms with Gasteiger partial charge in [-0.05, 0) is 54.8 Å². The molecule has 26 heavy (non-hydrogen) atoms. The number of halogens is 3. The number of carbonyl (C=O) groups excluding carboxylic acids is 1. The highest BCUT2D eigenvalue weighted by molar-refractivity contribution is 7.87. The Morgan fingerprint density at radius 3 is 2.54 bits per heavy atom. The van der Waals surface area contributed by atoms with Gasteiger partial charge in [0.05, 0.1) is 5.56 Å². The lowest BCUT2D eigenvalue weighted by molar-refractivity contribution is -0.137. The molecule has 0 bridgehead atoms. The van der Waals surface area contributed by atoms with Gasteiger partial charge in [0.15, 0.2) is 0 Å². The molecule has 1 N–H and O–H groups in total. The summed E-state index contributed by atoms with van der Waals surface area (Å²) >= 11 is 0. The minimum absolute atomic E-state index is 0.153. The standard InChI is InChI=1S/C17H14F3NO4S/c18-17(19,20)12-4-2-5-13(10-12)25-26(23,24)14-7-8-15-11(9-14)3-1-6-16(22)21-15/h2,4-5,7-10H,1,3,6H2,(H,21,22). The van der Waals surface area contributed by atoms with Crippen LogP contribution in [0.1, 0.15) is 24.0 Å². The first-order valence-corrected chi connectivity index (χ1v) is 9.10. The average Bonchev–Trinajstić information content (AvgIpc) is 2.73. The maximum Gasteiger partial charge on any atom is 0.416 e. The summed E-state index contributed by atoms with van der Waals surface area (Å²) in [6.45, 7) is 0. The number of hydrogen-bond donors (Lipinski definition) is 1. The second-order valence-electron chi connectivity index (χ2n) is 5.78. The number of nitrogens with one attached hydrogen (secondary N) is 1. The van der Waals surface area contributed by atoms with Crippen molar-refractivity contribution in [2.45, 2.75) is 30.3 Å². The van der Waals surface area contributed by atoms with E-state index >= 15 is 0 Å². The summed E-state index contributed by atoms with van der Waals surface area (Å²) in [5, 5.41) is 2.68. The van der Waals surface area contributed by atoms with Crippen LogP contribution in [0.3, 0.4) is 0 Å². The second kappa shape index (κ2) is 6.64. The lowest BCUT2D eigenvalue weighted by Crippen LogP contribution is -2.12. The highest BCUT2D eigenvalue weighted by Gasteiger charge is 2.31. The molecule has 1 heterocycles. The zero-order valence-electron chi connectivity index (χ0n) is 13.3. The van der Waals surface area contributed by atoms with E-state index in [2.05, 4.69) is 5.32 Å². The summed E-state index contributed by atoms with van der Waals surface area (Å²) in [4.78, 5) is 11.3. The van der Waals surface area contributed by atoms with E-state index in [0.29, 0.717) is 36.6 Å². The molecule has 5 nitrogen and oxygen atoms in total. The quantitative estimate of drug-likeness (QED) is 0.817. The van der Waals surface area contributed by atoms with Crippen LogP contribution in [0.25, 0.3) is 0 Å². The minimum Gasteiger partial charge on any atom is -0.379 e. The number of carbonyl (C=O) groups is 1. The van der Waals surface area contributed by atoms with Gasteiger partial charge in [0.2, 0.25) is 5.91 Å². The topological polar surface area (TPSA) is 72.5 Å². The molecular weight excluding hydrogens is 371 g/mol. The molecule has 0 atom stereocenters. The molecule has 138 valence electrons. The van der Waals surface area contributed by atoms with Crippen LogP contribution in [0.4, 0.5) is 18.9 Å². The van der Waals surface area contributed by atoms with Gasteiger partial charge in [-0.15, -0.1) is 0 Å². The van der Waals surface area contributed by atoms with Crippen molar-refractivity contribution in [1.29, 1.82) is 0 Å². The molecule has 3 rings (SSSR count). The van der Waals surface area contributed by atoms with Gasteiger partial charge < -0.3 is 9.50 Å². The summed E-state index contributed by atoms with van der Waals surface area (Å²) in [5.41, 5.74) is 0.143. The Kier molecular flexibility index (Phi) is 4.66. The smallest absolute Gasteiger partial charge is 0.379 e. The van der Waals surface area contributed by atoms with Crippen LogP contribution in [0.2, 0.25) is 0 Å². The number of amides is 1. The molecule has 1 amide bonds. The highest BCUT2D eigenvalue weighted by atomic mass is 32.2. The molecule has 0 radical (unpaired) electrons. The molecule has 0 saturated carbocycles. The predicted octanol–water partition coefficient (Wildman–Crippen LogP) is 3.75. The van der Waals surface area contributed by atoms with Gasteiger partial charge in [0.25, 0.3) is 0 Å². The van der Waals surface area contributed by atoms with Crippen LogP contribution in [0, 0.1) is 0 Å². The minimum atomic E-state index is -4.61. The van der Waals surface area contributed by atoms with E-state index in [9.17, 15) is 26.4 Å². The molecule has 0 aromatic heterocycles. The molecular formula is C17H14F3NO4S. The van der Waals surface area contributed by atoms with E-state index in [4.69, 9.17) is 4.18 Å². The fraction of sp³-hybridized carbons (Fsp3) is 0.235. The van der Waals surface area contributed by atoms with Crippen molar-refractivity contribution in [2.75, 3.05) is 5.32 Å². The SMILES string of the molecule is O=C1CCCc2cc(S(=O)(=O)Oc3cccc(C(F)(F)F)c3)ccc2N1. The molecule has 2 aromatic rings. The summed E-state index contributed by atoms with van der Waals surface area (Å²) < 4.78 is 67.9. The van der Waals surface area contributed by atoms with Crippen molar-refractivity contribution in [3.05, 3.63) is 53.6 Å². The van der Waals surface area contributed by atoms with Crippen molar-refractivity contribution in [3.8, 4) is 5.75 Å². The van der Waals surface area contributed by atoms with Gasteiger partial charge >= 0.3 is 16.3 Å². The summed E-state index contributed by atoms with van der Waals surface area (Å²) in [7, 11) is -4.31. The fourth-order valence-corrected chi connectivity index (χ4v) is 3.58. The molecule has 0 aliphatic carbocycles. The second-order valence-corrected chi connectivity index (χ2v) is 7.33. The number of aryl methyl sites for hydroxylation is 1. The first kappa shape index (κ1) is 18.2. The van der Waals surface area contributed by atoms with E-state index in [1.54, 1.807) is 0 Å². The molecule has 2 aromatic carbocycles. The van der Waals surface area contributed by atoms with Gasteiger partial charge in [0, 0.05) is 12.1 Å². The largest absolute Gasteiger partial charge is 0.416 e. The van der Waals surface area contributed by atoms with Gasteiger partial charge in [-0.3, -0.25) is 4.79 Å². The van der Waals surface area contributed by atoms with Gasteiger partial charge in [-0.2, -0.15) is 21.6 Å². The molecule has 1 aliphatic rings. The zero-order chi connectivity index (χ0) is 18.9. The first-order chi connectivity index (χ1) is 12.1. The third-order valence-corrected chi connectivity index (χ3v) is 5.10. The third kappa shape index (κ3) is 3.98. The Bertz CT molecular complexity index is 955. The Labute approximate surface area is 147 Å². The van der Waals surface area contributed by atoms with Gasteiger partial charge in [-0.25, -0.2) is 0 Å². The van der Waals surface area contributed by atoms with Crippen molar-refractivity contribution in [1.82, 2.24) is 0 Å². The van der Waals surface area contributed by atoms with E-state index in [1.165, 1.54) is 18.2 Å². The molecule has 1 aliphatic heterocycles. The van der Waals surface area contributed by atoms with E-state index in [0.717, 1.165) is 18.2 Å². The Morgan fingerprint density at radius 1 is 1.04 bits per heavy atom.